The Morgan fingerprint density at radius 3 is 3.06 bits per heavy atom. The largest absolute Gasteiger partial charge is 0.491 e. The molecule has 1 aromatic heterocycles. The molecule has 0 saturated carbocycles. The molecule has 0 bridgehead atoms. The van der Waals surface area contributed by atoms with E-state index < -0.39 is 0 Å². The van der Waals surface area contributed by atoms with Crippen LogP contribution in [-0.2, 0) is 0 Å². The fourth-order valence-electron chi connectivity index (χ4n) is 1.27. The van der Waals surface area contributed by atoms with Crippen molar-refractivity contribution >= 4 is 17.4 Å². The van der Waals surface area contributed by atoms with Gasteiger partial charge in [0.25, 0.3) is 0 Å². The van der Waals surface area contributed by atoms with E-state index in [0.29, 0.717) is 12.3 Å². The molecular formula is C11H14N4OS. The predicted octanol–water partition coefficient (Wildman–Crippen LogP) is 2.33. The van der Waals surface area contributed by atoms with Crippen LogP contribution in [0.2, 0.25) is 0 Å². The summed E-state index contributed by atoms with van der Waals surface area (Å²) in [6.07, 6.45) is 2.44. The van der Waals surface area contributed by atoms with Gasteiger partial charge in [-0.05, 0) is 24.6 Å². The van der Waals surface area contributed by atoms with Crippen molar-refractivity contribution in [1.29, 1.82) is 0 Å². The standard InChI is InChI=1S/C11H14N4OS/c1-2-5-16-10-6-8(3-4-9(10)12)17-11-13-7-14-15-11/h3-4,6-7H,2,5,12H2,1H3,(H,13,14,15). The fourth-order valence-corrected chi connectivity index (χ4v) is 1.99. The van der Waals surface area contributed by atoms with E-state index in [0.717, 1.165) is 22.2 Å². The summed E-state index contributed by atoms with van der Waals surface area (Å²) in [6, 6.07) is 5.68. The van der Waals surface area contributed by atoms with E-state index >= 15 is 0 Å². The number of aromatic nitrogens is 3. The van der Waals surface area contributed by atoms with Gasteiger partial charge in [-0.1, -0.05) is 18.7 Å². The van der Waals surface area contributed by atoms with E-state index in [1.807, 2.05) is 18.2 Å². The first-order chi connectivity index (χ1) is 8.29. The molecule has 0 fully saturated rings. The Kier molecular flexibility index (Phi) is 3.87. The second-order valence-electron chi connectivity index (χ2n) is 3.44. The maximum atomic E-state index is 5.83. The highest BCUT2D eigenvalue weighted by Crippen LogP contribution is 2.31. The highest BCUT2D eigenvalue weighted by molar-refractivity contribution is 7.99. The maximum absolute atomic E-state index is 5.83. The molecule has 0 amide bonds. The van der Waals surface area contributed by atoms with Crippen molar-refractivity contribution < 1.29 is 4.74 Å². The van der Waals surface area contributed by atoms with Gasteiger partial charge >= 0.3 is 0 Å². The third-order valence-corrected chi connectivity index (χ3v) is 2.93. The smallest absolute Gasteiger partial charge is 0.188 e. The Morgan fingerprint density at radius 1 is 1.47 bits per heavy atom. The van der Waals surface area contributed by atoms with Gasteiger partial charge in [-0.25, -0.2) is 4.98 Å². The minimum absolute atomic E-state index is 0.653. The number of nitrogens with two attached hydrogens (primary N) is 1. The van der Waals surface area contributed by atoms with Gasteiger partial charge in [0.1, 0.15) is 12.1 Å². The minimum atomic E-state index is 0.653. The number of nitrogen functional groups attached to an aromatic ring is 1. The molecule has 0 spiro atoms. The summed E-state index contributed by atoms with van der Waals surface area (Å²) in [5.74, 6) is 0.719. The van der Waals surface area contributed by atoms with Gasteiger partial charge in [0.15, 0.2) is 5.16 Å². The second kappa shape index (κ2) is 5.58. The lowest BCUT2D eigenvalue weighted by Gasteiger charge is -2.09. The van der Waals surface area contributed by atoms with Gasteiger partial charge in [0, 0.05) is 4.90 Å². The topological polar surface area (TPSA) is 76.8 Å². The highest BCUT2D eigenvalue weighted by Gasteiger charge is 2.05. The molecule has 90 valence electrons. The highest BCUT2D eigenvalue weighted by atomic mass is 32.2. The molecule has 0 aliphatic carbocycles. The Hall–Kier alpha value is -1.69. The van der Waals surface area contributed by atoms with E-state index in [-0.39, 0.29) is 0 Å². The van der Waals surface area contributed by atoms with Crippen molar-refractivity contribution in [2.24, 2.45) is 0 Å². The average molecular weight is 250 g/mol. The van der Waals surface area contributed by atoms with Gasteiger partial charge < -0.3 is 10.5 Å². The van der Waals surface area contributed by atoms with Crippen molar-refractivity contribution in [3.8, 4) is 5.75 Å². The summed E-state index contributed by atoms with van der Waals surface area (Å²) < 4.78 is 5.56. The minimum Gasteiger partial charge on any atom is -0.491 e. The Balaban J connectivity index is 2.13. The molecule has 5 nitrogen and oxygen atoms in total. The van der Waals surface area contributed by atoms with E-state index in [4.69, 9.17) is 10.5 Å². The number of H-pyrrole nitrogens is 1. The molecule has 2 rings (SSSR count). The van der Waals surface area contributed by atoms with Gasteiger partial charge in [-0.3, -0.25) is 5.10 Å². The zero-order valence-corrected chi connectivity index (χ0v) is 10.3. The summed E-state index contributed by atoms with van der Waals surface area (Å²) in [6.45, 7) is 2.73. The Bertz CT molecular complexity index is 472. The number of nitrogens with zero attached hydrogens (tertiary/aromatic N) is 2. The van der Waals surface area contributed by atoms with Crippen LogP contribution >= 0.6 is 11.8 Å². The summed E-state index contributed by atoms with van der Waals surface area (Å²) >= 11 is 1.49. The molecule has 1 aromatic carbocycles. The van der Waals surface area contributed by atoms with E-state index in [1.54, 1.807) is 0 Å². The van der Waals surface area contributed by atoms with Crippen LogP contribution in [0, 0.1) is 0 Å². The van der Waals surface area contributed by atoms with Crippen molar-refractivity contribution in [3.63, 3.8) is 0 Å². The average Bonchev–Trinajstić information content (AvgIpc) is 2.82. The SMILES string of the molecule is CCCOc1cc(Sc2ncn[nH]2)ccc1N. The van der Waals surface area contributed by atoms with E-state index in [9.17, 15) is 0 Å². The van der Waals surface area contributed by atoms with Gasteiger partial charge in [0.05, 0.1) is 12.3 Å². The summed E-state index contributed by atoms with van der Waals surface area (Å²) in [5.41, 5.74) is 6.49. The lowest BCUT2D eigenvalue weighted by molar-refractivity contribution is 0.318. The summed E-state index contributed by atoms with van der Waals surface area (Å²) in [5, 5.41) is 7.33. The zero-order chi connectivity index (χ0) is 12.1. The quantitative estimate of drug-likeness (QED) is 0.796. The molecule has 0 aliphatic rings. The van der Waals surface area contributed by atoms with Crippen LogP contribution in [0.25, 0.3) is 0 Å². The molecule has 0 atom stereocenters. The molecule has 0 radical (unpaired) electrons. The van der Waals surface area contributed by atoms with Crippen molar-refractivity contribution in [2.45, 2.75) is 23.4 Å². The maximum Gasteiger partial charge on any atom is 0.188 e. The molecular weight excluding hydrogens is 236 g/mol. The van der Waals surface area contributed by atoms with Crippen LogP contribution in [0.15, 0.2) is 34.6 Å². The van der Waals surface area contributed by atoms with Crippen LogP contribution in [0.1, 0.15) is 13.3 Å². The van der Waals surface area contributed by atoms with Crippen LogP contribution in [0.5, 0.6) is 5.75 Å². The zero-order valence-electron chi connectivity index (χ0n) is 9.51. The second-order valence-corrected chi connectivity index (χ2v) is 4.50. The number of rotatable bonds is 5. The number of nitrogens with one attached hydrogen (secondary N) is 1. The van der Waals surface area contributed by atoms with Crippen molar-refractivity contribution in [3.05, 3.63) is 24.5 Å². The molecule has 0 aliphatic heterocycles. The number of hydrogen-bond acceptors (Lipinski definition) is 5. The van der Waals surface area contributed by atoms with Gasteiger partial charge in [-0.2, -0.15) is 5.10 Å². The molecule has 1 heterocycles. The van der Waals surface area contributed by atoms with E-state index in [2.05, 4.69) is 22.1 Å². The molecule has 17 heavy (non-hydrogen) atoms. The Morgan fingerprint density at radius 2 is 2.35 bits per heavy atom. The first-order valence-electron chi connectivity index (χ1n) is 5.35. The van der Waals surface area contributed by atoms with E-state index in [1.165, 1.54) is 18.1 Å². The normalized spacial score (nSPS) is 10.4. The monoisotopic (exact) mass is 250 g/mol. The molecule has 3 N–H and O–H groups in total. The van der Waals surface area contributed by atoms with Crippen LogP contribution in [-0.4, -0.2) is 21.8 Å². The predicted molar refractivity (Wildman–Crippen MR) is 67.1 cm³/mol. The molecule has 6 heteroatoms. The van der Waals surface area contributed by atoms with Gasteiger partial charge in [-0.15, -0.1) is 0 Å². The lowest BCUT2D eigenvalue weighted by Crippen LogP contribution is -1.99. The third-order valence-electron chi connectivity index (χ3n) is 2.05. The van der Waals surface area contributed by atoms with Crippen LogP contribution in [0.3, 0.4) is 0 Å². The number of hydrogen-bond donors (Lipinski definition) is 2. The number of ether oxygens (including phenoxy) is 1. The molecule has 0 saturated heterocycles. The number of benzene rings is 1. The Labute approximate surface area is 104 Å². The summed E-state index contributed by atoms with van der Waals surface area (Å²) in [4.78, 5) is 5.07. The van der Waals surface area contributed by atoms with Gasteiger partial charge in [0.2, 0.25) is 0 Å². The van der Waals surface area contributed by atoms with Crippen molar-refractivity contribution in [1.82, 2.24) is 15.2 Å². The lowest BCUT2D eigenvalue weighted by atomic mass is 10.3. The first-order valence-corrected chi connectivity index (χ1v) is 6.16. The number of aromatic amines is 1. The van der Waals surface area contributed by atoms with Crippen molar-refractivity contribution in [2.75, 3.05) is 12.3 Å². The number of anilines is 1. The molecule has 2 aromatic rings. The van der Waals surface area contributed by atoms with Crippen LogP contribution < -0.4 is 10.5 Å². The van der Waals surface area contributed by atoms with Crippen LogP contribution in [0.4, 0.5) is 5.69 Å². The summed E-state index contributed by atoms with van der Waals surface area (Å²) in [7, 11) is 0. The third kappa shape index (κ3) is 3.13. The first kappa shape index (κ1) is 11.8. The fraction of sp³-hybridized carbons (Fsp3) is 0.273. The molecule has 0 unspecified atom stereocenters.